The highest BCUT2D eigenvalue weighted by Crippen LogP contribution is 2.21. The van der Waals surface area contributed by atoms with Gasteiger partial charge in [-0.3, -0.25) is 4.90 Å². The summed E-state index contributed by atoms with van der Waals surface area (Å²) < 4.78 is 0. The monoisotopic (exact) mass is 469 g/mol. The van der Waals surface area contributed by atoms with Gasteiger partial charge in [-0.2, -0.15) is 0 Å². The minimum atomic E-state index is -1.06. The summed E-state index contributed by atoms with van der Waals surface area (Å²) >= 11 is 0. The van der Waals surface area contributed by atoms with Crippen molar-refractivity contribution in [2.45, 2.75) is 181 Å². The third-order valence-electron chi connectivity index (χ3n) is 7.57. The average molecular weight is 469 g/mol. The lowest BCUT2D eigenvalue weighted by molar-refractivity contribution is -0.0493. The van der Waals surface area contributed by atoms with Crippen molar-refractivity contribution >= 4 is 0 Å². The zero-order valence-electron chi connectivity index (χ0n) is 23.5. The first-order valence-corrected chi connectivity index (χ1v) is 15.3. The molecule has 0 aromatic rings. The van der Waals surface area contributed by atoms with Gasteiger partial charge in [-0.05, 0) is 38.8 Å². The Balaban J connectivity index is 4.15. The Hall–Kier alpha value is -0.120. The smallest absolute Gasteiger partial charge is 0.128 e. The summed E-state index contributed by atoms with van der Waals surface area (Å²) in [5.74, 6) is 0. The molecular formula is C30H64N2O. The van der Waals surface area contributed by atoms with E-state index in [0.29, 0.717) is 6.42 Å². The van der Waals surface area contributed by atoms with Crippen molar-refractivity contribution in [3.05, 3.63) is 0 Å². The Bertz CT molecular complexity index is 361. The lowest BCUT2D eigenvalue weighted by Crippen LogP contribution is -2.58. The van der Waals surface area contributed by atoms with Gasteiger partial charge in [0.2, 0.25) is 0 Å². The van der Waals surface area contributed by atoms with Gasteiger partial charge < -0.3 is 10.8 Å². The molecule has 200 valence electrons. The number of nitrogens with two attached hydrogens (primary N) is 1. The van der Waals surface area contributed by atoms with Crippen LogP contribution in [0.3, 0.4) is 0 Å². The molecule has 0 heterocycles. The van der Waals surface area contributed by atoms with Crippen molar-refractivity contribution in [1.82, 2.24) is 4.90 Å². The molecule has 0 aromatic carbocycles. The van der Waals surface area contributed by atoms with Gasteiger partial charge in [0, 0.05) is 0 Å². The van der Waals surface area contributed by atoms with E-state index in [0.717, 1.165) is 19.5 Å². The first-order valence-electron chi connectivity index (χ1n) is 15.3. The van der Waals surface area contributed by atoms with E-state index >= 15 is 0 Å². The maximum Gasteiger partial charge on any atom is 0.128 e. The average Bonchev–Trinajstić information content (AvgIpc) is 2.81. The predicted molar refractivity (Wildman–Crippen MR) is 149 cm³/mol. The number of aliphatic hydroxyl groups is 1. The van der Waals surface area contributed by atoms with Crippen molar-refractivity contribution < 1.29 is 5.11 Å². The number of rotatable bonds is 26. The third kappa shape index (κ3) is 18.8. The SMILES string of the molecule is CCCCCCCCCCCCN(CCCCCCCCCCCC)C(CC)C(N)(O)CC. The molecular weight excluding hydrogens is 404 g/mol. The third-order valence-corrected chi connectivity index (χ3v) is 7.57. The van der Waals surface area contributed by atoms with E-state index in [9.17, 15) is 5.11 Å². The Morgan fingerprint density at radius 2 is 0.848 bits per heavy atom. The summed E-state index contributed by atoms with van der Waals surface area (Å²) in [5.41, 5.74) is 5.26. The molecule has 0 radical (unpaired) electrons. The van der Waals surface area contributed by atoms with Gasteiger partial charge in [-0.25, -0.2) is 0 Å². The lowest BCUT2D eigenvalue weighted by Gasteiger charge is -2.40. The van der Waals surface area contributed by atoms with E-state index in [1.165, 1.54) is 128 Å². The molecule has 0 saturated carbocycles. The molecule has 2 atom stereocenters. The Labute approximate surface area is 209 Å². The topological polar surface area (TPSA) is 49.5 Å². The van der Waals surface area contributed by atoms with Crippen molar-refractivity contribution in [2.75, 3.05) is 13.1 Å². The highest BCUT2D eigenvalue weighted by molar-refractivity contribution is 4.87. The van der Waals surface area contributed by atoms with Gasteiger partial charge in [0.15, 0.2) is 0 Å². The highest BCUT2D eigenvalue weighted by atomic mass is 16.3. The van der Waals surface area contributed by atoms with Gasteiger partial charge in [0.1, 0.15) is 5.72 Å². The van der Waals surface area contributed by atoms with Crippen LogP contribution < -0.4 is 5.73 Å². The minimum Gasteiger partial charge on any atom is -0.374 e. The van der Waals surface area contributed by atoms with Crippen LogP contribution in [0, 0.1) is 0 Å². The molecule has 0 aromatic heterocycles. The normalized spacial score (nSPS) is 14.6. The van der Waals surface area contributed by atoms with Crippen LogP contribution in [0.4, 0.5) is 0 Å². The van der Waals surface area contributed by atoms with Crippen molar-refractivity contribution in [3.63, 3.8) is 0 Å². The van der Waals surface area contributed by atoms with E-state index in [4.69, 9.17) is 5.73 Å². The molecule has 3 nitrogen and oxygen atoms in total. The second kappa shape index (κ2) is 23.6. The van der Waals surface area contributed by atoms with E-state index in [2.05, 4.69) is 25.7 Å². The summed E-state index contributed by atoms with van der Waals surface area (Å²) in [7, 11) is 0. The maximum atomic E-state index is 10.8. The van der Waals surface area contributed by atoms with Crippen molar-refractivity contribution in [1.29, 1.82) is 0 Å². The summed E-state index contributed by atoms with van der Waals surface area (Å²) in [6.07, 6.45) is 28.9. The Kier molecular flexibility index (Phi) is 23.5. The molecule has 0 aliphatic rings. The quantitative estimate of drug-likeness (QED) is 0.0983. The predicted octanol–water partition coefficient (Wildman–Crippen LogP) is 8.97. The molecule has 0 spiro atoms. The van der Waals surface area contributed by atoms with Crippen LogP contribution in [-0.2, 0) is 0 Å². The standard InChI is InChI=1S/C30H64N2O/c1-5-9-11-13-15-17-19-21-23-25-27-32(29(7-3)30(31,33)8-4)28-26-24-22-20-18-16-14-12-10-6-2/h29,33H,5-28,31H2,1-4H3. The zero-order chi connectivity index (χ0) is 24.6. The van der Waals surface area contributed by atoms with Crippen LogP contribution in [0.2, 0.25) is 0 Å². The van der Waals surface area contributed by atoms with Crippen LogP contribution in [-0.4, -0.2) is 34.9 Å². The van der Waals surface area contributed by atoms with Crippen LogP contribution in [0.25, 0.3) is 0 Å². The molecule has 3 N–H and O–H groups in total. The Morgan fingerprint density at radius 3 is 1.12 bits per heavy atom. The molecule has 2 unspecified atom stereocenters. The minimum absolute atomic E-state index is 0.0830. The van der Waals surface area contributed by atoms with Crippen molar-refractivity contribution in [2.24, 2.45) is 5.73 Å². The van der Waals surface area contributed by atoms with Crippen LogP contribution in [0.5, 0.6) is 0 Å². The van der Waals surface area contributed by atoms with Crippen LogP contribution in [0.1, 0.15) is 169 Å². The summed E-state index contributed by atoms with van der Waals surface area (Å²) in [6.45, 7) is 11.0. The maximum absolute atomic E-state index is 10.8. The van der Waals surface area contributed by atoms with Crippen molar-refractivity contribution in [3.8, 4) is 0 Å². The second-order valence-electron chi connectivity index (χ2n) is 10.7. The molecule has 0 saturated heterocycles. The summed E-state index contributed by atoms with van der Waals surface area (Å²) in [4.78, 5) is 2.53. The number of nitrogens with zero attached hydrogens (tertiary/aromatic N) is 1. The van der Waals surface area contributed by atoms with Gasteiger partial charge >= 0.3 is 0 Å². The van der Waals surface area contributed by atoms with Gasteiger partial charge in [0.05, 0.1) is 6.04 Å². The molecule has 0 bridgehead atoms. The molecule has 3 heteroatoms. The fourth-order valence-corrected chi connectivity index (χ4v) is 5.19. The Morgan fingerprint density at radius 1 is 0.545 bits per heavy atom. The molecule has 0 aliphatic heterocycles. The highest BCUT2D eigenvalue weighted by Gasteiger charge is 2.33. The first kappa shape index (κ1) is 32.9. The lowest BCUT2D eigenvalue weighted by atomic mass is 9.96. The number of hydrogen-bond acceptors (Lipinski definition) is 3. The molecule has 0 rings (SSSR count). The molecule has 0 aliphatic carbocycles. The van der Waals surface area contributed by atoms with Gasteiger partial charge in [0.25, 0.3) is 0 Å². The fraction of sp³-hybridized carbons (Fsp3) is 1.00. The largest absolute Gasteiger partial charge is 0.374 e. The number of unbranched alkanes of at least 4 members (excludes halogenated alkanes) is 18. The summed E-state index contributed by atoms with van der Waals surface area (Å²) in [6, 6.07) is 0.0830. The van der Waals surface area contributed by atoms with Crippen LogP contribution in [0.15, 0.2) is 0 Å². The summed E-state index contributed by atoms with van der Waals surface area (Å²) in [5, 5.41) is 10.8. The molecule has 0 amide bonds. The molecule has 0 fully saturated rings. The van der Waals surface area contributed by atoms with Crippen LogP contribution >= 0.6 is 0 Å². The molecule has 33 heavy (non-hydrogen) atoms. The van der Waals surface area contributed by atoms with E-state index < -0.39 is 5.72 Å². The second-order valence-corrected chi connectivity index (χ2v) is 10.7. The fourth-order valence-electron chi connectivity index (χ4n) is 5.19. The van der Waals surface area contributed by atoms with E-state index in [-0.39, 0.29) is 6.04 Å². The first-order chi connectivity index (χ1) is 16.0. The number of hydrogen-bond donors (Lipinski definition) is 2. The zero-order valence-corrected chi connectivity index (χ0v) is 23.5. The van der Waals surface area contributed by atoms with Gasteiger partial charge in [-0.1, -0.05) is 143 Å². The van der Waals surface area contributed by atoms with E-state index in [1.807, 2.05) is 6.92 Å². The van der Waals surface area contributed by atoms with Gasteiger partial charge in [-0.15, -0.1) is 0 Å². The van der Waals surface area contributed by atoms with E-state index in [1.54, 1.807) is 0 Å².